The minimum absolute atomic E-state index is 0.249. The van der Waals surface area contributed by atoms with Crippen LogP contribution in [-0.4, -0.2) is 56.7 Å². The van der Waals surface area contributed by atoms with Crippen molar-refractivity contribution < 1.29 is 8.42 Å². The predicted molar refractivity (Wildman–Crippen MR) is 115 cm³/mol. The number of hydrogen-bond donors (Lipinski definition) is 2. The highest BCUT2D eigenvalue weighted by Crippen LogP contribution is 2.47. The average Bonchev–Trinajstić information content (AvgIpc) is 3.47. The first-order valence-electron chi connectivity index (χ1n) is 10.6. The second-order valence-corrected chi connectivity index (χ2v) is 9.95. The molecule has 1 aromatic carbocycles. The van der Waals surface area contributed by atoms with Gasteiger partial charge in [-0.25, -0.2) is 12.7 Å². The molecule has 2 unspecified atom stereocenters. The number of piperidine rings is 1. The minimum atomic E-state index is -3.08. The molecule has 2 aliphatic rings. The lowest BCUT2D eigenvalue weighted by atomic mass is 10.1. The summed E-state index contributed by atoms with van der Waals surface area (Å²) in [7, 11) is -3.08. The highest BCUT2D eigenvalue weighted by atomic mass is 32.2. The molecule has 1 saturated carbocycles. The number of rotatable bonds is 8. The molecule has 1 aliphatic carbocycles. The second-order valence-electron chi connectivity index (χ2n) is 7.87. The van der Waals surface area contributed by atoms with Gasteiger partial charge in [0, 0.05) is 32.2 Å². The zero-order valence-corrected chi connectivity index (χ0v) is 17.9. The minimum Gasteiger partial charge on any atom is -0.357 e. The third-order valence-corrected chi connectivity index (χ3v) is 7.70. The van der Waals surface area contributed by atoms with Crippen LogP contribution in [0, 0.1) is 5.92 Å². The van der Waals surface area contributed by atoms with Crippen LogP contribution in [0.2, 0.25) is 0 Å². The molecule has 1 saturated heterocycles. The highest BCUT2D eigenvalue weighted by Gasteiger charge is 2.37. The monoisotopic (exact) mass is 406 g/mol. The highest BCUT2D eigenvalue weighted by molar-refractivity contribution is 7.89. The van der Waals surface area contributed by atoms with Gasteiger partial charge >= 0.3 is 0 Å². The van der Waals surface area contributed by atoms with Crippen LogP contribution in [0.3, 0.4) is 0 Å². The van der Waals surface area contributed by atoms with Gasteiger partial charge < -0.3 is 10.6 Å². The van der Waals surface area contributed by atoms with E-state index in [0.717, 1.165) is 31.9 Å². The topological polar surface area (TPSA) is 73.8 Å². The van der Waals surface area contributed by atoms with Crippen LogP contribution in [0.4, 0.5) is 0 Å². The molecule has 6 nitrogen and oxygen atoms in total. The van der Waals surface area contributed by atoms with Crippen molar-refractivity contribution in [2.24, 2.45) is 10.9 Å². The molecule has 2 atom stereocenters. The van der Waals surface area contributed by atoms with Gasteiger partial charge in [-0.15, -0.1) is 0 Å². The van der Waals surface area contributed by atoms with Gasteiger partial charge in [0.05, 0.1) is 5.75 Å². The fraction of sp³-hybridized carbons (Fsp3) is 0.667. The van der Waals surface area contributed by atoms with Gasteiger partial charge in [0.2, 0.25) is 10.0 Å². The van der Waals surface area contributed by atoms with Crippen LogP contribution >= 0.6 is 0 Å². The van der Waals surface area contributed by atoms with Crippen LogP contribution in [0.5, 0.6) is 0 Å². The maximum atomic E-state index is 12.2. The number of benzene rings is 1. The Hall–Kier alpha value is -1.60. The maximum Gasteiger partial charge on any atom is 0.214 e. The summed E-state index contributed by atoms with van der Waals surface area (Å²) < 4.78 is 26.1. The summed E-state index contributed by atoms with van der Waals surface area (Å²) in [4.78, 5) is 4.81. The molecule has 0 radical (unpaired) electrons. The van der Waals surface area contributed by atoms with Gasteiger partial charge in [-0.1, -0.05) is 37.3 Å². The van der Waals surface area contributed by atoms with E-state index in [9.17, 15) is 8.42 Å². The SMILES string of the molecule is CCCS(=O)(=O)N1CCC(NC(=NCC2CC2c2ccccc2)NCC)CC1. The van der Waals surface area contributed by atoms with E-state index in [1.807, 2.05) is 6.92 Å². The van der Waals surface area contributed by atoms with Gasteiger partial charge in [-0.3, -0.25) is 4.99 Å². The van der Waals surface area contributed by atoms with Crippen molar-refractivity contribution in [2.75, 3.05) is 31.9 Å². The van der Waals surface area contributed by atoms with Gasteiger partial charge in [-0.2, -0.15) is 0 Å². The molecule has 0 spiro atoms. The Morgan fingerprint density at radius 3 is 2.54 bits per heavy atom. The summed E-state index contributed by atoms with van der Waals surface area (Å²) in [5.41, 5.74) is 1.42. The van der Waals surface area contributed by atoms with E-state index < -0.39 is 10.0 Å². The first kappa shape index (κ1) is 21.1. The molecule has 2 fully saturated rings. The third kappa shape index (κ3) is 5.70. The van der Waals surface area contributed by atoms with E-state index in [1.54, 1.807) is 4.31 Å². The Bertz CT molecular complexity index is 743. The number of sulfonamides is 1. The van der Waals surface area contributed by atoms with Crippen LogP contribution in [-0.2, 0) is 10.0 Å². The number of hydrogen-bond acceptors (Lipinski definition) is 3. The van der Waals surface area contributed by atoms with Crippen molar-refractivity contribution in [2.45, 2.75) is 51.5 Å². The van der Waals surface area contributed by atoms with Crippen molar-refractivity contribution >= 4 is 16.0 Å². The summed E-state index contributed by atoms with van der Waals surface area (Å²) in [6, 6.07) is 11.0. The summed E-state index contributed by atoms with van der Waals surface area (Å²) in [6.07, 6.45) is 3.52. The predicted octanol–water partition coefficient (Wildman–Crippen LogP) is 2.55. The Morgan fingerprint density at radius 2 is 1.89 bits per heavy atom. The van der Waals surface area contributed by atoms with Crippen molar-refractivity contribution in [3.05, 3.63) is 35.9 Å². The first-order valence-corrected chi connectivity index (χ1v) is 12.2. The molecule has 1 aromatic rings. The molecule has 0 aromatic heterocycles. The van der Waals surface area contributed by atoms with Gasteiger partial charge in [0.25, 0.3) is 0 Å². The number of aliphatic imine (C=N–C) groups is 1. The quantitative estimate of drug-likeness (QED) is 0.514. The van der Waals surface area contributed by atoms with E-state index in [4.69, 9.17) is 4.99 Å². The Balaban J connectivity index is 1.48. The molecule has 0 amide bonds. The van der Waals surface area contributed by atoms with Gasteiger partial charge in [0.15, 0.2) is 5.96 Å². The molecule has 0 bridgehead atoms. The third-order valence-electron chi connectivity index (χ3n) is 5.63. The van der Waals surface area contributed by atoms with Crippen LogP contribution in [0.15, 0.2) is 35.3 Å². The van der Waals surface area contributed by atoms with E-state index in [1.165, 1.54) is 12.0 Å². The number of nitrogens with zero attached hydrogens (tertiary/aromatic N) is 2. The second kappa shape index (κ2) is 9.74. The number of guanidine groups is 1. The van der Waals surface area contributed by atoms with Crippen molar-refractivity contribution in [3.8, 4) is 0 Å². The molecule has 2 N–H and O–H groups in total. The Kier molecular flexibility index (Phi) is 7.35. The molecular weight excluding hydrogens is 372 g/mol. The lowest BCUT2D eigenvalue weighted by Crippen LogP contribution is -2.50. The molecular formula is C21H34N4O2S. The van der Waals surface area contributed by atoms with Crippen molar-refractivity contribution in [3.63, 3.8) is 0 Å². The molecule has 28 heavy (non-hydrogen) atoms. The van der Waals surface area contributed by atoms with Crippen LogP contribution < -0.4 is 10.6 Å². The summed E-state index contributed by atoms with van der Waals surface area (Å²) in [5.74, 6) is 2.37. The van der Waals surface area contributed by atoms with Crippen molar-refractivity contribution in [1.82, 2.24) is 14.9 Å². The van der Waals surface area contributed by atoms with Gasteiger partial charge in [0.1, 0.15) is 0 Å². The molecule has 156 valence electrons. The Labute approximate surface area is 169 Å². The average molecular weight is 407 g/mol. The maximum absolute atomic E-state index is 12.2. The smallest absolute Gasteiger partial charge is 0.214 e. The molecule has 1 heterocycles. The molecule has 3 rings (SSSR count). The standard InChI is InChI=1S/C21H34N4O2S/c1-3-14-28(26,27)25-12-10-19(11-13-25)24-21(22-4-2)23-16-18-15-20(18)17-8-6-5-7-9-17/h5-9,18-20H,3-4,10-16H2,1-2H3,(H2,22,23,24). The van der Waals surface area contributed by atoms with Gasteiger partial charge in [-0.05, 0) is 50.0 Å². The molecule has 1 aliphatic heterocycles. The largest absolute Gasteiger partial charge is 0.357 e. The number of nitrogens with one attached hydrogen (secondary N) is 2. The summed E-state index contributed by atoms with van der Waals surface area (Å²) in [5, 5.41) is 6.85. The first-order chi connectivity index (χ1) is 13.5. The fourth-order valence-corrected chi connectivity index (χ4v) is 5.49. The lowest BCUT2D eigenvalue weighted by Gasteiger charge is -2.32. The van der Waals surface area contributed by atoms with E-state index in [2.05, 4.69) is 47.9 Å². The van der Waals surface area contributed by atoms with E-state index in [-0.39, 0.29) is 11.8 Å². The molecule has 7 heteroatoms. The normalized spacial score (nSPS) is 24.1. The lowest BCUT2D eigenvalue weighted by molar-refractivity contribution is 0.306. The zero-order valence-electron chi connectivity index (χ0n) is 17.1. The van der Waals surface area contributed by atoms with E-state index in [0.29, 0.717) is 31.3 Å². The van der Waals surface area contributed by atoms with Crippen LogP contribution in [0.1, 0.15) is 51.0 Å². The zero-order chi connectivity index (χ0) is 20.0. The fourth-order valence-electron chi connectivity index (χ4n) is 3.95. The van der Waals surface area contributed by atoms with E-state index >= 15 is 0 Å². The Morgan fingerprint density at radius 1 is 1.18 bits per heavy atom. The van der Waals surface area contributed by atoms with Crippen LogP contribution in [0.25, 0.3) is 0 Å². The summed E-state index contributed by atoms with van der Waals surface area (Å²) >= 11 is 0. The summed E-state index contributed by atoms with van der Waals surface area (Å²) in [6.45, 7) is 6.82. The van der Waals surface area contributed by atoms with Crippen molar-refractivity contribution in [1.29, 1.82) is 0 Å².